The van der Waals surface area contributed by atoms with Gasteiger partial charge in [-0.25, -0.2) is 0 Å². The summed E-state index contributed by atoms with van der Waals surface area (Å²) in [6.07, 6.45) is 14.0. The Hall–Kier alpha value is -3.83. The van der Waals surface area contributed by atoms with Crippen LogP contribution < -0.4 is 5.32 Å². The van der Waals surface area contributed by atoms with Gasteiger partial charge in [0.15, 0.2) is 30.7 Å². The zero-order valence-corrected chi connectivity index (χ0v) is 42.9. The van der Waals surface area contributed by atoms with Gasteiger partial charge in [0.25, 0.3) is 5.91 Å². The largest absolute Gasteiger partial charge is 0.463 e. The van der Waals surface area contributed by atoms with Gasteiger partial charge in [0.1, 0.15) is 24.9 Å². The van der Waals surface area contributed by atoms with E-state index in [1.165, 1.54) is 104 Å². The molecular weight excluding hydrogens is 883 g/mol. The summed E-state index contributed by atoms with van der Waals surface area (Å²) in [6.45, 7) is 10.3. The predicted octanol–water partition coefficient (Wildman–Crippen LogP) is 8.59. The molecule has 0 aliphatic carbocycles. The molecule has 17 nitrogen and oxygen atoms in total. The van der Waals surface area contributed by atoms with Gasteiger partial charge in [0.2, 0.25) is 0 Å². The van der Waals surface area contributed by atoms with Crippen LogP contribution >= 0.6 is 0 Å². The summed E-state index contributed by atoms with van der Waals surface area (Å²) < 4.78 is 45.2. The summed E-state index contributed by atoms with van der Waals surface area (Å²) in [5.41, 5.74) is 0. The van der Waals surface area contributed by atoms with Crippen molar-refractivity contribution < 1.29 is 76.6 Å². The first-order valence-corrected chi connectivity index (χ1v) is 25.7. The van der Waals surface area contributed by atoms with Crippen molar-refractivity contribution in [1.82, 2.24) is 5.32 Å². The fraction of sp³-hybridized carbons (Fsp3) is 0.863. The lowest BCUT2D eigenvalue weighted by molar-refractivity contribution is -0.307. The van der Waals surface area contributed by atoms with E-state index in [0.29, 0.717) is 12.8 Å². The van der Waals surface area contributed by atoms with E-state index in [-0.39, 0.29) is 12.8 Å². The first-order valence-electron chi connectivity index (χ1n) is 25.7. The minimum atomic E-state index is -1.81. The van der Waals surface area contributed by atoms with Gasteiger partial charge in [-0.1, -0.05) is 149 Å². The molecule has 17 heteroatoms. The molecule has 0 aromatic rings. The second kappa shape index (κ2) is 38.0. The van der Waals surface area contributed by atoms with Crippen LogP contribution in [0.5, 0.6) is 0 Å². The highest BCUT2D eigenvalue weighted by molar-refractivity contribution is 5.83. The third-order valence-electron chi connectivity index (χ3n) is 11.8. The number of hydrogen-bond acceptors (Lipinski definition) is 16. The smallest absolute Gasteiger partial charge is 0.303 e. The van der Waals surface area contributed by atoms with Crippen LogP contribution in [0.2, 0.25) is 0 Å². The van der Waals surface area contributed by atoms with Gasteiger partial charge in [-0.15, -0.1) is 0 Å². The zero-order valence-electron chi connectivity index (χ0n) is 42.9. The summed E-state index contributed by atoms with van der Waals surface area (Å²) in [7, 11) is 0. The molecule has 394 valence electrons. The molecule has 0 radical (unpaired) electrons. The van der Waals surface area contributed by atoms with Gasteiger partial charge in [0, 0.05) is 41.5 Å². The third-order valence-corrected chi connectivity index (χ3v) is 11.8. The van der Waals surface area contributed by atoms with Crippen LogP contribution in [-0.4, -0.2) is 115 Å². The number of esters is 6. The molecule has 2 N–H and O–H groups in total. The maximum absolute atomic E-state index is 14.2. The second-order valence-corrected chi connectivity index (χ2v) is 18.3. The van der Waals surface area contributed by atoms with Crippen molar-refractivity contribution in [3.8, 4) is 0 Å². The number of rotatable bonds is 39. The summed E-state index contributed by atoms with van der Waals surface area (Å²) in [4.78, 5) is 88.3. The SMILES string of the molecule is CCCCCCCCCCCCCCC(OC(C)=O)C(OC(C)=O)[C@H](CO[C@H]1O[C@H](COC(C)=O)[C@H](OC(C)=O)[C@H](OC(C)=O)[C@H]1O)NC(=O)C(CCCCCCCCCCCCC)OC(C)=O. The van der Waals surface area contributed by atoms with E-state index in [1.807, 2.05) is 0 Å². The van der Waals surface area contributed by atoms with Gasteiger partial charge >= 0.3 is 35.8 Å². The molecule has 1 amide bonds. The molecule has 0 aromatic carbocycles. The third kappa shape index (κ3) is 29.3. The summed E-state index contributed by atoms with van der Waals surface area (Å²) >= 11 is 0. The van der Waals surface area contributed by atoms with Crippen LogP contribution in [0.25, 0.3) is 0 Å². The molecule has 1 aliphatic rings. The Labute approximate surface area is 406 Å². The van der Waals surface area contributed by atoms with Gasteiger partial charge in [-0.05, 0) is 25.7 Å². The van der Waals surface area contributed by atoms with Crippen molar-refractivity contribution >= 4 is 41.7 Å². The maximum atomic E-state index is 14.2. The van der Waals surface area contributed by atoms with Gasteiger partial charge < -0.3 is 48.3 Å². The van der Waals surface area contributed by atoms with E-state index in [9.17, 15) is 38.7 Å². The normalized spacial score (nSPS) is 19.7. The standard InChI is InChI=1S/C51H89NO16/c1-9-11-13-15-17-19-21-23-24-26-28-30-32-43(63-37(4)54)47(65-39(6)56)42(52-50(60)44(64-38(5)55)33-31-29-27-25-22-20-18-16-14-12-10-2)34-62-51-46(59)49(67-41(8)58)48(66-40(7)57)45(68-51)35-61-36(3)53/h42-49,51,59H,9-35H2,1-8H3,(H,52,60)/t42-,43?,44?,45+,46+,47?,48-,49+,51-/m0/s1. The first kappa shape index (κ1) is 62.2. The van der Waals surface area contributed by atoms with Crippen molar-refractivity contribution in [3.63, 3.8) is 0 Å². The van der Waals surface area contributed by atoms with Crippen LogP contribution in [0, 0.1) is 0 Å². The van der Waals surface area contributed by atoms with Crippen molar-refractivity contribution in [2.24, 2.45) is 0 Å². The minimum Gasteiger partial charge on any atom is -0.463 e. The van der Waals surface area contributed by atoms with Crippen molar-refractivity contribution in [2.45, 2.75) is 271 Å². The molecule has 1 heterocycles. The number of amides is 1. The summed E-state index contributed by atoms with van der Waals surface area (Å²) in [6, 6.07) is -1.32. The van der Waals surface area contributed by atoms with Gasteiger partial charge in [-0.2, -0.15) is 0 Å². The van der Waals surface area contributed by atoms with Crippen molar-refractivity contribution in [1.29, 1.82) is 0 Å². The van der Waals surface area contributed by atoms with Crippen LogP contribution in [0.1, 0.15) is 216 Å². The second-order valence-electron chi connectivity index (χ2n) is 18.3. The average molecular weight is 972 g/mol. The molecule has 0 bridgehead atoms. The number of unbranched alkanes of at least 4 members (excludes halogenated alkanes) is 21. The number of nitrogens with one attached hydrogen (secondary N) is 1. The quantitative estimate of drug-likeness (QED) is 0.0334. The Bertz CT molecular complexity index is 1440. The summed E-state index contributed by atoms with van der Waals surface area (Å²) in [5, 5.41) is 14.4. The van der Waals surface area contributed by atoms with E-state index < -0.39 is 110 Å². The van der Waals surface area contributed by atoms with Crippen molar-refractivity contribution in [2.75, 3.05) is 13.2 Å². The Morgan fingerprint density at radius 2 is 0.941 bits per heavy atom. The molecule has 1 rings (SSSR count). The number of hydrogen-bond donors (Lipinski definition) is 2. The molecule has 1 aliphatic heterocycles. The van der Waals surface area contributed by atoms with E-state index in [0.717, 1.165) is 72.1 Å². The first-order chi connectivity index (χ1) is 32.5. The van der Waals surface area contributed by atoms with Gasteiger partial charge in [-0.3, -0.25) is 33.6 Å². The van der Waals surface area contributed by atoms with E-state index in [4.69, 9.17) is 37.9 Å². The Balaban J connectivity index is 3.42. The number of carbonyl (C=O) groups is 7. The fourth-order valence-electron chi connectivity index (χ4n) is 8.45. The molecule has 3 unspecified atom stereocenters. The van der Waals surface area contributed by atoms with Gasteiger partial charge in [0.05, 0.1) is 12.6 Å². The van der Waals surface area contributed by atoms with Crippen LogP contribution in [0.4, 0.5) is 0 Å². The maximum Gasteiger partial charge on any atom is 0.303 e. The molecular formula is C51H89NO16. The van der Waals surface area contributed by atoms with Crippen LogP contribution in [0.3, 0.4) is 0 Å². The van der Waals surface area contributed by atoms with E-state index >= 15 is 0 Å². The lowest BCUT2D eigenvalue weighted by Gasteiger charge is -2.43. The topological polar surface area (TPSA) is 226 Å². The van der Waals surface area contributed by atoms with E-state index in [1.54, 1.807) is 0 Å². The number of ether oxygens (including phenoxy) is 8. The number of carbonyl (C=O) groups excluding carboxylic acids is 7. The highest BCUT2D eigenvalue weighted by atomic mass is 16.7. The molecule has 1 fully saturated rings. The van der Waals surface area contributed by atoms with Crippen molar-refractivity contribution in [3.05, 3.63) is 0 Å². The molecule has 0 saturated carbocycles. The Kier molecular flexibility index (Phi) is 34.7. The van der Waals surface area contributed by atoms with Crippen LogP contribution in [0.15, 0.2) is 0 Å². The zero-order chi connectivity index (χ0) is 50.7. The van der Waals surface area contributed by atoms with E-state index in [2.05, 4.69) is 19.2 Å². The fourth-order valence-corrected chi connectivity index (χ4v) is 8.45. The lowest BCUT2D eigenvalue weighted by atomic mass is 9.97. The molecule has 9 atom stereocenters. The predicted molar refractivity (Wildman–Crippen MR) is 254 cm³/mol. The van der Waals surface area contributed by atoms with Crippen LogP contribution in [-0.2, 0) is 71.5 Å². The molecule has 0 spiro atoms. The highest BCUT2D eigenvalue weighted by Crippen LogP contribution is 2.29. The molecule has 68 heavy (non-hydrogen) atoms. The summed E-state index contributed by atoms with van der Waals surface area (Å²) in [5.74, 6) is -5.17. The Morgan fingerprint density at radius 1 is 0.515 bits per heavy atom. The minimum absolute atomic E-state index is 0.199. The lowest BCUT2D eigenvalue weighted by Crippen LogP contribution is -2.63. The average Bonchev–Trinajstić information content (AvgIpc) is 3.26. The molecule has 1 saturated heterocycles. The molecule has 0 aromatic heterocycles. The monoisotopic (exact) mass is 972 g/mol. The Morgan fingerprint density at radius 3 is 1.37 bits per heavy atom. The number of aliphatic hydroxyl groups excluding tert-OH is 1. The highest BCUT2D eigenvalue weighted by Gasteiger charge is 2.51. The number of aliphatic hydroxyl groups is 1.